The van der Waals surface area contributed by atoms with Gasteiger partial charge in [0.25, 0.3) is 0 Å². The fourth-order valence-electron chi connectivity index (χ4n) is 3.69. The highest BCUT2D eigenvalue weighted by atomic mass is 28.4. The van der Waals surface area contributed by atoms with Gasteiger partial charge in [0.15, 0.2) is 8.32 Å². The maximum Gasteiger partial charge on any atom is 0.308 e. The van der Waals surface area contributed by atoms with Crippen LogP contribution in [-0.4, -0.2) is 24.2 Å². The molecule has 160 valence electrons. The fraction of sp³-hybridized carbons (Fsp3) is 0.400. The summed E-state index contributed by atoms with van der Waals surface area (Å²) in [5.41, 5.74) is 4.43. The molecule has 2 aromatic carbocycles. The van der Waals surface area contributed by atoms with Crippen molar-refractivity contribution in [2.24, 2.45) is 5.92 Å². The monoisotopic (exact) mass is 423 g/mol. The van der Waals surface area contributed by atoms with Gasteiger partial charge in [0, 0.05) is 5.70 Å². The summed E-state index contributed by atoms with van der Waals surface area (Å²) in [6.07, 6.45) is 2.49. The van der Waals surface area contributed by atoms with Crippen LogP contribution >= 0.6 is 0 Å². The van der Waals surface area contributed by atoms with Crippen LogP contribution in [0.5, 0.6) is 0 Å². The van der Waals surface area contributed by atoms with Gasteiger partial charge in [0.05, 0.1) is 12.0 Å². The van der Waals surface area contributed by atoms with Gasteiger partial charge in [0.2, 0.25) is 0 Å². The SMILES string of the molecule is CC(C)(C[C@@H](C(=O)O)[C@@H](NC(=C1CC1)c1ccccc1)c1ccccc1)[Si](C)(C)O. The summed E-state index contributed by atoms with van der Waals surface area (Å²) in [5, 5.41) is 13.4. The molecule has 0 amide bonds. The van der Waals surface area contributed by atoms with Gasteiger partial charge in [-0.15, -0.1) is 0 Å². The van der Waals surface area contributed by atoms with E-state index in [2.05, 4.69) is 17.4 Å². The summed E-state index contributed by atoms with van der Waals surface area (Å²) < 4.78 is 0. The number of rotatable bonds is 9. The summed E-state index contributed by atoms with van der Waals surface area (Å²) in [6, 6.07) is 19.6. The Morgan fingerprint density at radius 3 is 2.03 bits per heavy atom. The van der Waals surface area contributed by atoms with Gasteiger partial charge in [0.1, 0.15) is 0 Å². The Labute approximate surface area is 180 Å². The highest BCUT2D eigenvalue weighted by molar-refractivity contribution is 6.72. The Hall–Kier alpha value is -2.37. The van der Waals surface area contributed by atoms with E-state index in [4.69, 9.17) is 0 Å². The van der Waals surface area contributed by atoms with Crippen LogP contribution in [0, 0.1) is 5.92 Å². The molecule has 0 radical (unpaired) electrons. The molecule has 0 aromatic heterocycles. The van der Waals surface area contributed by atoms with Crippen molar-refractivity contribution in [1.82, 2.24) is 5.32 Å². The van der Waals surface area contributed by atoms with Gasteiger partial charge in [-0.05, 0) is 54.1 Å². The molecular formula is C25H33NO3Si. The highest BCUT2D eigenvalue weighted by Crippen LogP contribution is 2.45. The molecule has 0 bridgehead atoms. The van der Waals surface area contributed by atoms with Gasteiger partial charge >= 0.3 is 5.97 Å². The summed E-state index contributed by atoms with van der Waals surface area (Å²) in [6.45, 7) is 7.76. The molecule has 2 atom stereocenters. The first-order valence-corrected chi connectivity index (χ1v) is 13.6. The lowest BCUT2D eigenvalue weighted by Crippen LogP contribution is -2.43. The van der Waals surface area contributed by atoms with Crippen molar-refractivity contribution < 1.29 is 14.7 Å². The van der Waals surface area contributed by atoms with Gasteiger partial charge < -0.3 is 15.2 Å². The Bertz CT molecular complexity index is 895. The number of carbonyl (C=O) groups is 1. The first-order chi connectivity index (χ1) is 14.1. The molecule has 1 aliphatic rings. The minimum absolute atomic E-state index is 0.386. The molecule has 5 heteroatoms. The quantitative estimate of drug-likeness (QED) is 0.460. The van der Waals surface area contributed by atoms with E-state index in [1.165, 1.54) is 5.57 Å². The first-order valence-electron chi connectivity index (χ1n) is 10.6. The maximum absolute atomic E-state index is 12.5. The van der Waals surface area contributed by atoms with Crippen LogP contribution in [0.15, 0.2) is 66.2 Å². The standard InChI is InChI=1S/C25H33NO3Si/c1-25(2,30(3,4)29)17-21(24(27)28)23(19-13-9-6-10-14-19)26-22(20-15-16-20)18-11-7-5-8-12-18/h5-14,21,23,26,29H,15-17H2,1-4H3,(H,27,28)/t21-,23+/m1/s1. The Morgan fingerprint density at radius 1 is 1.03 bits per heavy atom. The van der Waals surface area contributed by atoms with E-state index in [0.717, 1.165) is 29.7 Å². The van der Waals surface area contributed by atoms with Crippen molar-refractivity contribution >= 4 is 20.0 Å². The molecule has 1 aliphatic carbocycles. The average Bonchev–Trinajstić information content (AvgIpc) is 3.53. The zero-order valence-corrected chi connectivity index (χ0v) is 19.4. The van der Waals surface area contributed by atoms with E-state index in [9.17, 15) is 14.7 Å². The van der Waals surface area contributed by atoms with Crippen LogP contribution in [0.4, 0.5) is 0 Å². The molecule has 1 saturated carbocycles. The Kier molecular flexibility index (Phi) is 6.53. The van der Waals surface area contributed by atoms with Gasteiger partial charge in [-0.2, -0.15) is 0 Å². The fourth-order valence-corrected chi connectivity index (χ4v) is 4.41. The molecule has 3 rings (SSSR count). The molecule has 0 saturated heterocycles. The van der Waals surface area contributed by atoms with Crippen molar-refractivity contribution in [1.29, 1.82) is 0 Å². The number of benzene rings is 2. The summed E-state index contributed by atoms with van der Waals surface area (Å²) >= 11 is 0. The predicted molar refractivity (Wildman–Crippen MR) is 124 cm³/mol. The van der Waals surface area contributed by atoms with E-state index in [-0.39, 0.29) is 6.04 Å². The minimum atomic E-state index is -2.56. The summed E-state index contributed by atoms with van der Waals surface area (Å²) in [4.78, 5) is 23.3. The van der Waals surface area contributed by atoms with E-state index >= 15 is 0 Å². The molecule has 0 unspecified atom stereocenters. The molecule has 0 aliphatic heterocycles. The lowest BCUT2D eigenvalue weighted by Gasteiger charge is -2.39. The third-order valence-corrected chi connectivity index (χ3v) is 10.00. The molecule has 4 nitrogen and oxygen atoms in total. The lowest BCUT2D eigenvalue weighted by atomic mass is 9.85. The Balaban J connectivity index is 2.02. The van der Waals surface area contributed by atoms with Gasteiger partial charge in [-0.1, -0.05) is 74.5 Å². The second-order valence-corrected chi connectivity index (χ2v) is 13.9. The van der Waals surface area contributed by atoms with E-state index in [1.54, 1.807) is 0 Å². The predicted octanol–water partition coefficient (Wildman–Crippen LogP) is 5.59. The van der Waals surface area contributed by atoms with Crippen molar-refractivity contribution in [3.8, 4) is 0 Å². The molecule has 2 aromatic rings. The summed E-state index contributed by atoms with van der Waals surface area (Å²) in [7, 11) is -2.56. The highest BCUT2D eigenvalue weighted by Gasteiger charge is 2.44. The zero-order chi connectivity index (χ0) is 21.9. The van der Waals surface area contributed by atoms with Crippen LogP contribution in [0.2, 0.25) is 18.1 Å². The molecule has 0 spiro atoms. The zero-order valence-electron chi connectivity index (χ0n) is 18.4. The van der Waals surface area contributed by atoms with Gasteiger partial charge in [-0.25, -0.2) is 0 Å². The molecule has 1 fully saturated rings. The molecule has 0 heterocycles. The molecule has 30 heavy (non-hydrogen) atoms. The number of aliphatic carboxylic acids is 1. The lowest BCUT2D eigenvalue weighted by molar-refractivity contribution is -0.143. The normalized spacial score (nSPS) is 16.0. The smallest absolute Gasteiger partial charge is 0.308 e. The Morgan fingerprint density at radius 2 is 1.57 bits per heavy atom. The number of hydrogen-bond donors (Lipinski definition) is 3. The van der Waals surface area contributed by atoms with Crippen molar-refractivity contribution in [3.05, 3.63) is 77.4 Å². The number of carboxylic acid groups (broad SMARTS) is 1. The number of nitrogens with one attached hydrogen (secondary N) is 1. The second kappa shape index (κ2) is 8.78. The molecule has 3 N–H and O–H groups in total. The van der Waals surface area contributed by atoms with Crippen molar-refractivity contribution in [2.45, 2.75) is 57.3 Å². The molecular weight excluding hydrogens is 390 g/mol. The minimum Gasteiger partial charge on any atom is -0.481 e. The number of allylic oxidation sites excluding steroid dienone is 1. The number of hydrogen-bond acceptors (Lipinski definition) is 3. The summed E-state index contributed by atoms with van der Waals surface area (Å²) in [5.74, 6) is -1.50. The van der Waals surface area contributed by atoms with Crippen molar-refractivity contribution in [3.63, 3.8) is 0 Å². The average molecular weight is 424 g/mol. The number of carboxylic acids is 1. The van der Waals surface area contributed by atoms with Crippen molar-refractivity contribution in [2.75, 3.05) is 0 Å². The van der Waals surface area contributed by atoms with E-state index in [1.807, 2.05) is 75.5 Å². The van der Waals surface area contributed by atoms with Crippen LogP contribution in [-0.2, 0) is 4.79 Å². The maximum atomic E-state index is 12.5. The van der Waals surface area contributed by atoms with Crippen LogP contribution in [0.3, 0.4) is 0 Å². The first kappa shape index (κ1) is 22.3. The third kappa shape index (κ3) is 5.21. The topological polar surface area (TPSA) is 69.6 Å². The van der Waals surface area contributed by atoms with Crippen LogP contribution in [0.25, 0.3) is 5.70 Å². The van der Waals surface area contributed by atoms with Gasteiger partial charge in [-0.3, -0.25) is 4.79 Å². The van der Waals surface area contributed by atoms with E-state index in [0.29, 0.717) is 6.42 Å². The largest absolute Gasteiger partial charge is 0.481 e. The van der Waals surface area contributed by atoms with Crippen LogP contribution < -0.4 is 5.32 Å². The van der Waals surface area contributed by atoms with E-state index < -0.39 is 25.2 Å². The van der Waals surface area contributed by atoms with Crippen LogP contribution in [0.1, 0.15) is 50.3 Å². The third-order valence-electron chi connectivity index (χ3n) is 6.48. The second-order valence-electron chi connectivity index (χ2n) is 9.47.